The molecule has 194 valence electrons. The van der Waals surface area contributed by atoms with E-state index < -0.39 is 0 Å². The number of hydrogen-bond acceptors (Lipinski definition) is 3. The summed E-state index contributed by atoms with van der Waals surface area (Å²) in [6, 6.07) is 19.6. The molecule has 1 unspecified atom stereocenters. The summed E-state index contributed by atoms with van der Waals surface area (Å²) >= 11 is 0. The number of fused-ring (bicyclic) bond motifs is 1. The van der Waals surface area contributed by atoms with Gasteiger partial charge in [-0.15, -0.1) is 0 Å². The molecule has 1 amide bonds. The Labute approximate surface area is 220 Å². The minimum absolute atomic E-state index is 0.102. The van der Waals surface area contributed by atoms with Gasteiger partial charge in [0.15, 0.2) is 0 Å². The van der Waals surface area contributed by atoms with Gasteiger partial charge in [-0.1, -0.05) is 64.3 Å². The number of unbranched alkanes of at least 4 members (excludes halogenated alkanes) is 1. The highest BCUT2D eigenvalue weighted by molar-refractivity contribution is 6.10. The zero-order valence-electron chi connectivity index (χ0n) is 22.4. The van der Waals surface area contributed by atoms with Gasteiger partial charge in [-0.25, -0.2) is 0 Å². The van der Waals surface area contributed by atoms with Gasteiger partial charge in [-0.05, 0) is 79.6 Å². The van der Waals surface area contributed by atoms with E-state index in [0.29, 0.717) is 17.2 Å². The second-order valence-electron chi connectivity index (χ2n) is 9.89. The molecule has 5 heteroatoms. The predicted molar refractivity (Wildman–Crippen MR) is 155 cm³/mol. The van der Waals surface area contributed by atoms with Crippen molar-refractivity contribution in [2.75, 3.05) is 10.6 Å². The van der Waals surface area contributed by atoms with Crippen LogP contribution in [0, 0.1) is 6.92 Å². The maximum absolute atomic E-state index is 13.2. The molecule has 1 atom stereocenters. The van der Waals surface area contributed by atoms with Gasteiger partial charge in [0, 0.05) is 27.8 Å². The number of carbonyl (C=O) groups is 1. The summed E-state index contributed by atoms with van der Waals surface area (Å²) < 4.78 is 0. The molecule has 0 saturated heterocycles. The molecule has 4 aromatic rings. The van der Waals surface area contributed by atoms with Crippen molar-refractivity contribution in [3.05, 3.63) is 83.0 Å². The van der Waals surface area contributed by atoms with Crippen molar-refractivity contribution in [3.8, 4) is 5.75 Å². The third-order valence-corrected chi connectivity index (χ3v) is 7.18. The van der Waals surface area contributed by atoms with Crippen molar-refractivity contribution in [1.29, 1.82) is 0 Å². The van der Waals surface area contributed by atoms with Crippen LogP contribution in [0.3, 0.4) is 0 Å². The fourth-order valence-corrected chi connectivity index (χ4v) is 5.07. The van der Waals surface area contributed by atoms with Gasteiger partial charge in [0.2, 0.25) is 0 Å². The van der Waals surface area contributed by atoms with Crippen molar-refractivity contribution in [1.82, 2.24) is 4.98 Å². The number of benzene rings is 3. The van der Waals surface area contributed by atoms with Gasteiger partial charge < -0.3 is 20.7 Å². The molecule has 0 fully saturated rings. The monoisotopic (exact) mass is 497 g/mol. The largest absolute Gasteiger partial charge is 0.506 e. The first-order chi connectivity index (χ1) is 17.9. The lowest BCUT2D eigenvalue weighted by Crippen LogP contribution is -2.13. The van der Waals surface area contributed by atoms with Gasteiger partial charge in [0.05, 0.1) is 11.4 Å². The highest BCUT2D eigenvalue weighted by atomic mass is 16.3. The number of aromatic amines is 1. The molecular weight excluding hydrogens is 458 g/mol. The second kappa shape index (κ2) is 12.0. The Kier molecular flexibility index (Phi) is 8.54. The van der Waals surface area contributed by atoms with Crippen LogP contribution in [-0.2, 0) is 6.42 Å². The van der Waals surface area contributed by atoms with Crippen LogP contribution in [0.25, 0.3) is 10.9 Å². The van der Waals surface area contributed by atoms with Crippen LogP contribution in [0.1, 0.15) is 86.0 Å². The van der Waals surface area contributed by atoms with Crippen molar-refractivity contribution < 1.29 is 9.90 Å². The Morgan fingerprint density at radius 1 is 0.946 bits per heavy atom. The Hall–Kier alpha value is -3.73. The Bertz CT molecular complexity index is 1330. The number of amides is 1. The van der Waals surface area contributed by atoms with Crippen molar-refractivity contribution in [2.24, 2.45) is 0 Å². The lowest BCUT2D eigenvalue weighted by atomic mass is 9.89. The molecule has 0 spiro atoms. The average Bonchev–Trinajstić information content (AvgIpc) is 3.25. The number of aromatic nitrogens is 1. The summed E-state index contributed by atoms with van der Waals surface area (Å²) in [5.41, 5.74) is 7.25. The van der Waals surface area contributed by atoms with Crippen LogP contribution in [0.15, 0.2) is 60.7 Å². The zero-order chi connectivity index (χ0) is 26.4. The fraction of sp³-hybridized carbons (Fsp3) is 0.344. The number of nitrogens with one attached hydrogen (secondary N) is 3. The molecule has 4 N–H and O–H groups in total. The van der Waals surface area contributed by atoms with E-state index in [1.807, 2.05) is 49.4 Å². The average molecular weight is 498 g/mol. The normalized spacial score (nSPS) is 12.0. The van der Waals surface area contributed by atoms with Gasteiger partial charge in [0.1, 0.15) is 5.75 Å². The summed E-state index contributed by atoms with van der Waals surface area (Å²) in [5, 5.41) is 17.7. The Morgan fingerprint density at radius 2 is 1.73 bits per heavy atom. The number of para-hydroxylation sites is 1. The summed E-state index contributed by atoms with van der Waals surface area (Å²) in [5.74, 6) is 0.674. The van der Waals surface area contributed by atoms with E-state index >= 15 is 0 Å². The van der Waals surface area contributed by atoms with E-state index in [-0.39, 0.29) is 11.7 Å². The summed E-state index contributed by atoms with van der Waals surface area (Å²) in [4.78, 5) is 16.7. The summed E-state index contributed by atoms with van der Waals surface area (Å²) in [7, 11) is 0. The molecule has 0 aliphatic carbocycles. The molecule has 37 heavy (non-hydrogen) atoms. The van der Waals surface area contributed by atoms with E-state index in [2.05, 4.69) is 48.5 Å². The molecule has 0 aliphatic rings. The molecule has 1 aromatic heterocycles. The number of aromatic hydroxyl groups is 1. The lowest BCUT2D eigenvalue weighted by Gasteiger charge is -2.17. The van der Waals surface area contributed by atoms with Crippen LogP contribution in [0.2, 0.25) is 0 Å². The van der Waals surface area contributed by atoms with Gasteiger partial charge in [-0.3, -0.25) is 4.79 Å². The number of aryl methyl sites for hydroxylation is 2. The summed E-state index contributed by atoms with van der Waals surface area (Å²) in [6.07, 6.45) is 6.75. The highest BCUT2D eigenvalue weighted by Gasteiger charge is 2.16. The first kappa shape index (κ1) is 26.3. The van der Waals surface area contributed by atoms with Crippen molar-refractivity contribution in [2.45, 2.75) is 72.1 Å². The summed E-state index contributed by atoms with van der Waals surface area (Å²) in [6.45, 7) is 8.50. The molecule has 3 aromatic carbocycles. The molecule has 5 nitrogen and oxygen atoms in total. The maximum atomic E-state index is 13.2. The quantitative estimate of drug-likeness (QED) is 0.156. The molecule has 4 rings (SSSR count). The SMILES string of the molecule is CCCCC(CCC)c1ccc(C(=O)Nc2c(CC)[nH]c3cc(Nc4c(C)cccc4O)ccc23)cc1. The van der Waals surface area contributed by atoms with E-state index in [4.69, 9.17) is 0 Å². The lowest BCUT2D eigenvalue weighted by molar-refractivity contribution is 0.102. The van der Waals surface area contributed by atoms with Crippen LogP contribution in [0.5, 0.6) is 5.75 Å². The first-order valence-electron chi connectivity index (χ1n) is 13.6. The second-order valence-corrected chi connectivity index (χ2v) is 9.89. The number of carbonyl (C=O) groups excluding carboxylic acids is 1. The maximum Gasteiger partial charge on any atom is 0.255 e. The molecular formula is C32H39N3O2. The van der Waals surface area contributed by atoms with Crippen LogP contribution in [-0.4, -0.2) is 16.0 Å². The molecule has 1 heterocycles. The van der Waals surface area contributed by atoms with E-state index in [1.54, 1.807) is 6.07 Å². The van der Waals surface area contributed by atoms with Crippen LogP contribution in [0.4, 0.5) is 17.1 Å². The zero-order valence-corrected chi connectivity index (χ0v) is 22.4. The number of phenols is 1. The number of anilines is 3. The van der Waals surface area contributed by atoms with Crippen LogP contribution < -0.4 is 10.6 Å². The van der Waals surface area contributed by atoms with E-state index in [0.717, 1.165) is 40.0 Å². The van der Waals surface area contributed by atoms with Gasteiger partial charge >= 0.3 is 0 Å². The topological polar surface area (TPSA) is 77.2 Å². The molecule has 0 bridgehead atoms. The predicted octanol–water partition coefficient (Wildman–Crippen LogP) is 8.81. The van der Waals surface area contributed by atoms with E-state index in [1.165, 1.54) is 37.7 Å². The fourth-order valence-electron chi connectivity index (χ4n) is 5.07. The number of phenolic OH excluding ortho intramolecular Hbond substituents is 1. The third-order valence-electron chi connectivity index (χ3n) is 7.18. The standard InChI is InChI=1S/C32H39N3O2/c1-5-8-12-22(10-6-2)23-14-16-24(17-15-23)32(37)35-31-26-19-18-25(20-28(26)34-27(31)7-3)33-30-21(4)11-9-13-29(30)36/h9,11,13-20,22,33-34,36H,5-8,10,12H2,1-4H3,(H,35,37). The molecule has 0 radical (unpaired) electrons. The number of hydrogen-bond donors (Lipinski definition) is 4. The molecule has 0 saturated carbocycles. The van der Waals surface area contributed by atoms with Gasteiger partial charge in [0.25, 0.3) is 5.91 Å². The molecule has 0 aliphatic heterocycles. The highest BCUT2D eigenvalue weighted by Crippen LogP contribution is 2.34. The smallest absolute Gasteiger partial charge is 0.255 e. The van der Waals surface area contributed by atoms with E-state index in [9.17, 15) is 9.90 Å². The number of rotatable bonds is 11. The minimum Gasteiger partial charge on any atom is -0.506 e. The third kappa shape index (κ3) is 5.99. The minimum atomic E-state index is -0.102. The first-order valence-corrected chi connectivity index (χ1v) is 13.6. The Morgan fingerprint density at radius 3 is 2.41 bits per heavy atom. The number of H-pyrrole nitrogens is 1. The van der Waals surface area contributed by atoms with Gasteiger partial charge in [-0.2, -0.15) is 0 Å². The van der Waals surface area contributed by atoms with Crippen LogP contribution >= 0.6 is 0 Å². The van der Waals surface area contributed by atoms with Crippen molar-refractivity contribution >= 4 is 33.9 Å². The van der Waals surface area contributed by atoms with Crippen molar-refractivity contribution in [3.63, 3.8) is 0 Å². The Balaban J connectivity index is 1.55.